The van der Waals surface area contributed by atoms with Gasteiger partial charge in [-0.05, 0) is 106 Å². The van der Waals surface area contributed by atoms with Crippen LogP contribution in [-0.4, -0.2) is 9.13 Å². The molecule has 0 aliphatic carbocycles. The lowest BCUT2D eigenvalue weighted by Gasteiger charge is -2.19. The summed E-state index contributed by atoms with van der Waals surface area (Å²) in [6, 6.07) is 53.5. The van der Waals surface area contributed by atoms with E-state index in [0.717, 1.165) is 38.5 Å². The molecule has 0 unspecified atom stereocenters. The molecule has 0 spiro atoms. The summed E-state index contributed by atoms with van der Waals surface area (Å²) in [6.07, 6.45) is 0. The van der Waals surface area contributed by atoms with Crippen molar-refractivity contribution in [1.82, 2.24) is 9.13 Å². The van der Waals surface area contributed by atoms with Crippen molar-refractivity contribution in [2.45, 2.75) is 52.4 Å². The number of hydrogen-bond acceptors (Lipinski definition) is 1. The van der Waals surface area contributed by atoms with E-state index in [1.165, 1.54) is 60.6 Å². The van der Waals surface area contributed by atoms with Crippen molar-refractivity contribution in [2.24, 2.45) is 0 Å². The average molecular weight is 687 g/mol. The molecule has 0 fully saturated rings. The lowest BCUT2D eigenvalue weighted by atomic mass is 9.85. The predicted octanol–water partition coefficient (Wildman–Crippen LogP) is 14.0. The SMILES string of the molecule is CC(C)(C)c1ccc2c(c1)c1cc(C(C)(C)C)ccc1n2-c1ccc(-c2ccc(-n3c4ccccc4c4c5oc6ccccc6c5ccc43)cc2)cc1. The summed E-state index contributed by atoms with van der Waals surface area (Å²) < 4.78 is 11.3. The van der Waals surface area contributed by atoms with Crippen LogP contribution in [-0.2, 0) is 10.8 Å². The molecule has 0 aliphatic rings. The predicted molar refractivity (Wildman–Crippen MR) is 225 cm³/mol. The molecule has 10 rings (SSSR count). The molecule has 0 aliphatic heterocycles. The number of furan rings is 1. The fraction of sp³-hybridized carbons (Fsp3) is 0.160. The number of fused-ring (bicyclic) bond motifs is 10. The fourth-order valence-corrected chi connectivity index (χ4v) is 8.35. The van der Waals surface area contributed by atoms with Gasteiger partial charge in [0, 0.05) is 38.3 Å². The normalized spacial score (nSPS) is 12.7. The smallest absolute Gasteiger partial charge is 0.145 e. The fourth-order valence-electron chi connectivity index (χ4n) is 8.35. The van der Waals surface area contributed by atoms with Gasteiger partial charge < -0.3 is 13.6 Å². The molecule has 0 atom stereocenters. The molecule has 10 aromatic rings. The number of benzene rings is 7. The van der Waals surface area contributed by atoms with E-state index in [1.54, 1.807) is 0 Å². The summed E-state index contributed by atoms with van der Waals surface area (Å²) in [5.41, 5.74) is 14.2. The largest absolute Gasteiger partial charge is 0.455 e. The van der Waals surface area contributed by atoms with Crippen LogP contribution >= 0.6 is 0 Å². The number of hydrogen-bond donors (Lipinski definition) is 0. The Kier molecular flexibility index (Phi) is 6.70. The molecule has 3 aromatic heterocycles. The maximum Gasteiger partial charge on any atom is 0.145 e. The van der Waals surface area contributed by atoms with E-state index in [0.29, 0.717) is 0 Å². The van der Waals surface area contributed by atoms with Crippen molar-refractivity contribution in [3.8, 4) is 22.5 Å². The van der Waals surface area contributed by atoms with E-state index in [4.69, 9.17) is 4.42 Å². The van der Waals surface area contributed by atoms with Crippen LogP contribution in [0, 0.1) is 0 Å². The van der Waals surface area contributed by atoms with Crippen LogP contribution in [0.2, 0.25) is 0 Å². The van der Waals surface area contributed by atoms with Gasteiger partial charge in [0.1, 0.15) is 11.2 Å². The molecule has 0 bridgehead atoms. The van der Waals surface area contributed by atoms with Crippen LogP contribution in [0.15, 0.2) is 150 Å². The van der Waals surface area contributed by atoms with Crippen LogP contribution in [0.5, 0.6) is 0 Å². The molecule has 0 saturated carbocycles. The highest BCUT2D eigenvalue weighted by atomic mass is 16.3. The molecule has 258 valence electrons. The van der Waals surface area contributed by atoms with Gasteiger partial charge in [-0.1, -0.05) is 114 Å². The molecule has 3 heteroatoms. The van der Waals surface area contributed by atoms with Crippen molar-refractivity contribution in [3.05, 3.63) is 157 Å². The molecule has 0 saturated heterocycles. The van der Waals surface area contributed by atoms with Crippen LogP contribution in [0.3, 0.4) is 0 Å². The summed E-state index contributed by atoms with van der Waals surface area (Å²) in [5.74, 6) is 0. The van der Waals surface area contributed by atoms with Gasteiger partial charge in [0.15, 0.2) is 0 Å². The van der Waals surface area contributed by atoms with E-state index in [1.807, 2.05) is 6.07 Å². The van der Waals surface area contributed by atoms with E-state index in [2.05, 4.69) is 190 Å². The summed E-state index contributed by atoms with van der Waals surface area (Å²) in [7, 11) is 0. The van der Waals surface area contributed by atoms with Crippen LogP contribution in [0.1, 0.15) is 52.7 Å². The minimum atomic E-state index is 0.0734. The Bertz CT molecular complexity index is 2970. The van der Waals surface area contributed by atoms with Crippen molar-refractivity contribution in [3.63, 3.8) is 0 Å². The minimum Gasteiger partial charge on any atom is -0.455 e. The van der Waals surface area contributed by atoms with Crippen molar-refractivity contribution in [2.75, 3.05) is 0 Å². The van der Waals surface area contributed by atoms with Gasteiger partial charge in [0.2, 0.25) is 0 Å². The highest BCUT2D eigenvalue weighted by Crippen LogP contribution is 2.41. The summed E-state index contributed by atoms with van der Waals surface area (Å²) in [4.78, 5) is 0. The monoisotopic (exact) mass is 686 g/mol. The molecule has 7 aromatic carbocycles. The summed E-state index contributed by atoms with van der Waals surface area (Å²) in [6.45, 7) is 13.8. The third-order valence-corrected chi connectivity index (χ3v) is 11.3. The third-order valence-electron chi connectivity index (χ3n) is 11.3. The van der Waals surface area contributed by atoms with E-state index in [-0.39, 0.29) is 10.8 Å². The first-order valence-corrected chi connectivity index (χ1v) is 18.7. The minimum absolute atomic E-state index is 0.0734. The van der Waals surface area contributed by atoms with Gasteiger partial charge in [0.25, 0.3) is 0 Å². The molecule has 53 heavy (non-hydrogen) atoms. The van der Waals surface area contributed by atoms with E-state index in [9.17, 15) is 0 Å². The third kappa shape index (κ3) is 4.87. The highest BCUT2D eigenvalue weighted by Gasteiger charge is 2.22. The average Bonchev–Trinajstić information content (AvgIpc) is 3.81. The molecule has 0 radical (unpaired) electrons. The summed E-state index contributed by atoms with van der Waals surface area (Å²) in [5, 5.41) is 7.28. The Hall–Kier alpha value is -6.06. The molecule has 0 N–H and O–H groups in total. The standard InChI is InChI=1S/C50H42N2O/c1-49(2,3)33-19-26-43-40(29-33)41-30-34(50(4,5)6)20-27-44(41)51(43)35-21-15-31(16-22-35)32-17-23-36(24-18-32)52-42-13-9-7-12-39(42)47-45(52)28-25-38-37-11-8-10-14-46(37)53-48(38)47/h7-30H,1-6H3. The maximum absolute atomic E-state index is 6.51. The zero-order valence-corrected chi connectivity index (χ0v) is 31.2. The summed E-state index contributed by atoms with van der Waals surface area (Å²) >= 11 is 0. The Morgan fingerprint density at radius 3 is 1.43 bits per heavy atom. The number of nitrogens with zero attached hydrogens (tertiary/aromatic N) is 2. The second kappa shape index (κ2) is 11.2. The topological polar surface area (TPSA) is 23.0 Å². The number of rotatable bonds is 3. The van der Waals surface area contributed by atoms with Crippen molar-refractivity contribution in [1.29, 1.82) is 0 Å². The van der Waals surface area contributed by atoms with Crippen molar-refractivity contribution < 1.29 is 4.42 Å². The Morgan fingerprint density at radius 2 is 0.868 bits per heavy atom. The second-order valence-corrected chi connectivity index (χ2v) is 16.7. The quantitative estimate of drug-likeness (QED) is 0.181. The lowest BCUT2D eigenvalue weighted by Crippen LogP contribution is -2.10. The van der Waals surface area contributed by atoms with Gasteiger partial charge in [-0.15, -0.1) is 0 Å². The van der Waals surface area contributed by atoms with Crippen LogP contribution in [0.4, 0.5) is 0 Å². The van der Waals surface area contributed by atoms with Gasteiger partial charge in [-0.3, -0.25) is 0 Å². The molecule has 0 amide bonds. The zero-order chi connectivity index (χ0) is 36.2. The van der Waals surface area contributed by atoms with Gasteiger partial charge >= 0.3 is 0 Å². The van der Waals surface area contributed by atoms with Crippen LogP contribution < -0.4 is 0 Å². The first-order valence-electron chi connectivity index (χ1n) is 18.7. The second-order valence-electron chi connectivity index (χ2n) is 16.7. The van der Waals surface area contributed by atoms with Gasteiger partial charge in [0.05, 0.1) is 27.5 Å². The number of aromatic nitrogens is 2. The molecule has 3 heterocycles. The van der Waals surface area contributed by atoms with Gasteiger partial charge in [-0.2, -0.15) is 0 Å². The first kappa shape index (κ1) is 31.7. The molecule has 3 nitrogen and oxygen atoms in total. The Balaban J connectivity index is 1.05. The Labute approximate surface area is 309 Å². The number of para-hydroxylation sites is 2. The lowest BCUT2D eigenvalue weighted by molar-refractivity contribution is 0.590. The molecular weight excluding hydrogens is 645 g/mol. The molecular formula is C50H42N2O. The van der Waals surface area contributed by atoms with Crippen LogP contribution in [0.25, 0.3) is 88.1 Å². The maximum atomic E-state index is 6.51. The van der Waals surface area contributed by atoms with Gasteiger partial charge in [-0.25, -0.2) is 0 Å². The van der Waals surface area contributed by atoms with E-state index < -0.39 is 0 Å². The van der Waals surface area contributed by atoms with Crippen molar-refractivity contribution >= 4 is 65.6 Å². The van der Waals surface area contributed by atoms with E-state index >= 15 is 0 Å². The Morgan fingerprint density at radius 1 is 0.396 bits per heavy atom. The zero-order valence-electron chi connectivity index (χ0n) is 31.2. The highest BCUT2D eigenvalue weighted by molar-refractivity contribution is 6.23. The first-order chi connectivity index (χ1) is 25.5.